The topological polar surface area (TPSA) is 29.1 Å². The van der Waals surface area contributed by atoms with Crippen LogP contribution < -0.4 is 5.32 Å². The average molecular weight is 314 g/mol. The van der Waals surface area contributed by atoms with Gasteiger partial charge >= 0.3 is 0 Å². The Kier molecular flexibility index (Phi) is 4.50. The number of halogens is 2. The van der Waals surface area contributed by atoms with Gasteiger partial charge in [0.25, 0.3) is 5.91 Å². The van der Waals surface area contributed by atoms with Gasteiger partial charge in [0.1, 0.15) is 0 Å². The molecule has 1 amide bonds. The predicted octanol–water partition coefficient (Wildman–Crippen LogP) is 4.85. The van der Waals surface area contributed by atoms with Gasteiger partial charge in [0, 0.05) is 0 Å². The first-order chi connectivity index (χ1) is 8.99. The second kappa shape index (κ2) is 5.95. The number of rotatable bonds is 3. The maximum Gasteiger partial charge on any atom is 0.262 e. The summed E-state index contributed by atoms with van der Waals surface area (Å²) in [6.07, 6.45) is 0. The highest BCUT2D eigenvalue weighted by Crippen LogP contribution is 2.26. The fraction of sp³-hybridized carbons (Fsp3) is 0.214. The van der Waals surface area contributed by atoms with Crippen molar-refractivity contribution in [3.8, 4) is 0 Å². The molecule has 2 rings (SSSR count). The molecule has 19 heavy (non-hydrogen) atoms. The molecule has 0 aliphatic heterocycles. The van der Waals surface area contributed by atoms with Crippen LogP contribution in [0.5, 0.6) is 0 Å². The molecule has 1 N–H and O–H groups in total. The van der Waals surface area contributed by atoms with Crippen LogP contribution in [-0.2, 0) is 0 Å². The molecule has 0 saturated heterocycles. The van der Waals surface area contributed by atoms with Crippen molar-refractivity contribution in [3.63, 3.8) is 0 Å². The Morgan fingerprint density at radius 3 is 2.58 bits per heavy atom. The monoisotopic (exact) mass is 313 g/mol. The van der Waals surface area contributed by atoms with Crippen LogP contribution in [0.15, 0.2) is 29.6 Å². The third-order valence-electron chi connectivity index (χ3n) is 2.86. The normalized spacial score (nSPS) is 12.2. The Hall–Kier alpha value is -1.03. The highest BCUT2D eigenvalue weighted by atomic mass is 35.5. The van der Waals surface area contributed by atoms with Gasteiger partial charge in [-0.2, -0.15) is 0 Å². The first kappa shape index (κ1) is 14.4. The predicted molar refractivity (Wildman–Crippen MR) is 81.4 cm³/mol. The van der Waals surface area contributed by atoms with Crippen LogP contribution in [0.25, 0.3) is 0 Å². The molecular weight excluding hydrogens is 301 g/mol. The summed E-state index contributed by atoms with van der Waals surface area (Å²) in [4.78, 5) is 12.8. The van der Waals surface area contributed by atoms with E-state index < -0.39 is 0 Å². The van der Waals surface area contributed by atoms with Gasteiger partial charge in [0.2, 0.25) is 0 Å². The minimum Gasteiger partial charge on any atom is -0.345 e. The van der Waals surface area contributed by atoms with E-state index in [9.17, 15) is 4.79 Å². The highest BCUT2D eigenvalue weighted by Gasteiger charge is 2.15. The number of carbonyl (C=O) groups is 1. The number of amides is 1. The van der Waals surface area contributed by atoms with Gasteiger partial charge < -0.3 is 5.32 Å². The molecule has 0 saturated carbocycles. The van der Waals surface area contributed by atoms with E-state index in [1.807, 2.05) is 31.4 Å². The van der Waals surface area contributed by atoms with E-state index in [2.05, 4.69) is 5.32 Å². The maximum atomic E-state index is 12.1. The minimum atomic E-state index is -0.122. The Balaban J connectivity index is 2.13. The summed E-state index contributed by atoms with van der Waals surface area (Å²) >= 11 is 13.3. The summed E-state index contributed by atoms with van der Waals surface area (Å²) in [7, 11) is 0. The lowest BCUT2D eigenvalue weighted by atomic mass is 10.1. The van der Waals surface area contributed by atoms with E-state index >= 15 is 0 Å². The molecule has 1 aromatic carbocycles. The van der Waals surface area contributed by atoms with Crippen LogP contribution in [0.3, 0.4) is 0 Å². The van der Waals surface area contributed by atoms with Gasteiger partial charge in [-0.3, -0.25) is 4.79 Å². The summed E-state index contributed by atoms with van der Waals surface area (Å²) in [6.45, 7) is 3.84. The summed E-state index contributed by atoms with van der Waals surface area (Å²) in [5.74, 6) is -0.0638. The van der Waals surface area contributed by atoms with Crippen molar-refractivity contribution in [1.82, 2.24) is 5.32 Å². The molecule has 0 radical (unpaired) electrons. The zero-order valence-electron chi connectivity index (χ0n) is 10.5. The molecule has 1 unspecified atom stereocenters. The lowest BCUT2D eigenvalue weighted by molar-refractivity contribution is 0.0943. The van der Waals surface area contributed by atoms with Crippen LogP contribution in [0.1, 0.15) is 33.8 Å². The lowest BCUT2D eigenvalue weighted by Crippen LogP contribution is -2.26. The van der Waals surface area contributed by atoms with Gasteiger partial charge in [-0.15, -0.1) is 11.3 Å². The van der Waals surface area contributed by atoms with Crippen LogP contribution in [-0.4, -0.2) is 5.91 Å². The summed E-state index contributed by atoms with van der Waals surface area (Å²) in [5, 5.41) is 5.87. The Bertz CT molecular complexity index is 609. The molecule has 0 aliphatic carbocycles. The van der Waals surface area contributed by atoms with Gasteiger partial charge in [-0.1, -0.05) is 29.3 Å². The molecule has 2 aromatic rings. The number of carbonyl (C=O) groups excluding carboxylic acids is 1. The van der Waals surface area contributed by atoms with E-state index in [4.69, 9.17) is 23.2 Å². The van der Waals surface area contributed by atoms with Crippen molar-refractivity contribution >= 4 is 40.4 Å². The first-order valence-electron chi connectivity index (χ1n) is 5.79. The molecule has 1 atom stereocenters. The van der Waals surface area contributed by atoms with Crippen LogP contribution in [0.4, 0.5) is 0 Å². The second-order valence-corrected chi connectivity index (χ2v) is 6.03. The van der Waals surface area contributed by atoms with Crippen molar-refractivity contribution in [2.45, 2.75) is 19.9 Å². The van der Waals surface area contributed by atoms with E-state index in [0.717, 1.165) is 16.0 Å². The summed E-state index contributed by atoms with van der Waals surface area (Å²) < 4.78 is 0. The number of aryl methyl sites for hydroxylation is 1. The number of thiophene rings is 1. The largest absolute Gasteiger partial charge is 0.345 e. The summed E-state index contributed by atoms with van der Waals surface area (Å²) in [5.41, 5.74) is 1.92. The Labute approximate surface area is 126 Å². The zero-order chi connectivity index (χ0) is 14.0. The van der Waals surface area contributed by atoms with Gasteiger partial charge in [-0.25, -0.2) is 0 Å². The average Bonchev–Trinajstić information content (AvgIpc) is 2.79. The highest BCUT2D eigenvalue weighted by molar-refractivity contribution is 7.12. The quantitative estimate of drug-likeness (QED) is 0.861. The second-order valence-electron chi connectivity index (χ2n) is 4.30. The van der Waals surface area contributed by atoms with Crippen LogP contribution in [0, 0.1) is 6.92 Å². The fourth-order valence-electron chi connectivity index (χ4n) is 1.73. The van der Waals surface area contributed by atoms with E-state index in [0.29, 0.717) is 10.0 Å². The van der Waals surface area contributed by atoms with Gasteiger partial charge in [0.05, 0.1) is 21.0 Å². The summed E-state index contributed by atoms with van der Waals surface area (Å²) in [6, 6.07) is 7.18. The van der Waals surface area contributed by atoms with Crippen molar-refractivity contribution in [2.24, 2.45) is 0 Å². The minimum absolute atomic E-state index is 0.0638. The van der Waals surface area contributed by atoms with Crippen molar-refractivity contribution < 1.29 is 4.79 Å². The number of benzene rings is 1. The standard InChI is InChI=1S/C14H13Cl2NOS/c1-8-5-6-19-13(8)14(18)17-9(2)10-3-4-11(15)12(16)7-10/h3-7,9H,1-2H3,(H,17,18). The Morgan fingerprint density at radius 2 is 2.00 bits per heavy atom. The molecule has 100 valence electrons. The molecule has 0 fully saturated rings. The third kappa shape index (κ3) is 3.30. The lowest BCUT2D eigenvalue weighted by Gasteiger charge is -2.14. The molecule has 0 spiro atoms. The van der Waals surface area contributed by atoms with Crippen molar-refractivity contribution in [2.75, 3.05) is 0 Å². The number of nitrogens with one attached hydrogen (secondary N) is 1. The van der Waals surface area contributed by atoms with E-state index in [-0.39, 0.29) is 11.9 Å². The van der Waals surface area contributed by atoms with Gasteiger partial charge in [0.15, 0.2) is 0 Å². The molecule has 1 aromatic heterocycles. The Morgan fingerprint density at radius 1 is 1.26 bits per heavy atom. The molecule has 0 bridgehead atoms. The molecule has 1 heterocycles. The molecule has 2 nitrogen and oxygen atoms in total. The smallest absolute Gasteiger partial charge is 0.262 e. The third-order valence-corrected chi connectivity index (χ3v) is 4.61. The van der Waals surface area contributed by atoms with E-state index in [1.54, 1.807) is 12.1 Å². The van der Waals surface area contributed by atoms with Crippen LogP contribution in [0.2, 0.25) is 10.0 Å². The SMILES string of the molecule is Cc1ccsc1C(=O)NC(C)c1ccc(Cl)c(Cl)c1. The molecule has 0 aliphatic rings. The molecular formula is C14H13Cl2NOS. The number of hydrogen-bond donors (Lipinski definition) is 1. The number of hydrogen-bond acceptors (Lipinski definition) is 2. The van der Waals surface area contributed by atoms with Gasteiger partial charge in [-0.05, 0) is 48.6 Å². The fourth-order valence-corrected chi connectivity index (χ4v) is 2.87. The van der Waals surface area contributed by atoms with Crippen LogP contribution >= 0.6 is 34.5 Å². The zero-order valence-corrected chi connectivity index (χ0v) is 12.9. The molecule has 5 heteroatoms. The first-order valence-corrected chi connectivity index (χ1v) is 7.42. The van der Waals surface area contributed by atoms with E-state index in [1.165, 1.54) is 11.3 Å². The van der Waals surface area contributed by atoms with Crippen molar-refractivity contribution in [1.29, 1.82) is 0 Å². The maximum absolute atomic E-state index is 12.1. The van der Waals surface area contributed by atoms with Crippen molar-refractivity contribution in [3.05, 3.63) is 55.7 Å².